The normalized spacial score (nSPS) is 13.1. The fourth-order valence-electron chi connectivity index (χ4n) is 2.36. The summed E-state index contributed by atoms with van der Waals surface area (Å²) in [5.74, 6) is -1.08. The third-order valence-electron chi connectivity index (χ3n) is 3.89. The van der Waals surface area contributed by atoms with Gasteiger partial charge in [0, 0.05) is 31.8 Å². The largest absolute Gasteiger partial charge is 0.323 e. The van der Waals surface area contributed by atoms with Crippen LogP contribution in [0.3, 0.4) is 0 Å². The lowest BCUT2D eigenvalue weighted by Gasteiger charge is -2.22. The van der Waals surface area contributed by atoms with Crippen LogP contribution in [0.2, 0.25) is 0 Å². The van der Waals surface area contributed by atoms with Gasteiger partial charge < -0.3 is 5.73 Å². The average molecular weight is 403 g/mol. The average Bonchev–Trinajstić information content (AvgIpc) is 2.61. The number of nitro groups is 1. The van der Waals surface area contributed by atoms with Crippen molar-refractivity contribution in [3.05, 3.63) is 69.5 Å². The molecule has 0 fully saturated rings. The lowest BCUT2D eigenvalue weighted by molar-refractivity contribution is -0.384. The van der Waals surface area contributed by atoms with Crippen LogP contribution in [0.15, 0.2) is 47.4 Å². The highest BCUT2D eigenvalue weighted by Gasteiger charge is 2.25. The van der Waals surface area contributed by atoms with Crippen LogP contribution in [0.4, 0.5) is 18.9 Å². The minimum absolute atomic E-state index is 0.150. The summed E-state index contributed by atoms with van der Waals surface area (Å²) >= 11 is 0. The molecule has 0 spiro atoms. The summed E-state index contributed by atoms with van der Waals surface area (Å²) in [6.07, 6.45) is -3.03. The second kappa shape index (κ2) is 8.03. The van der Waals surface area contributed by atoms with E-state index in [2.05, 4.69) is 0 Å². The topological polar surface area (TPSA) is 107 Å². The number of hydrogen-bond acceptors (Lipinski definition) is 5. The lowest BCUT2D eigenvalue weighted by atomic mass is 10.0. The molecule has 0 radical (unpaired) electrons. The highest BCUT2D eigenvalue weighted by molar-refractivity contribution is 7.89. The Kier molecular flexibility index (Phi) is 6.19. The Morgan fingerprint density at radius 1 is 1.19 bits per heavy atom. The molecule has 27 heavy (non-hydrogen) atoms. The van der Waals surface area contributed by atoms with E-state index in [4.69, 9.17) is 5.73 Å². The number of nitrogens with two attached hydrogens (primary N) is 1. The van der Waals surface area contributed by atoms with Crippen molar-refractivity contribution in [2.45, 2.75) is 17.4 Å². The summed E-state index contributed by atoms with van der Waals surface area (Å²) in [6, 6.07) is 6.24. The van der Waals surface area contributed by atoms with Gasteiger partial charge in [-0.25, -0.2) is 21.6 Å². The Balaban J connectivity index is 2.21. The standard InChI is InChI=1S/C16H16F3N3O4S/c1-21(27(25,26)12-5-3-11(4-6-12)22(23)24)9-15(20)10-2-7-14(17)13(8-10)16(18)19/h2-8,15-16H,9,20H2,1H3/t15-/m0/s1. The molecule has 11 heteroatoms. The maximum absolute atomic E-state index is 13.4. The van der Waals surface area contributed by atoms with Crippen molar-refractivity contribution in [1.29, 1.82) is 0 Å². The van der Waals surface area contributed by atoms with Crippen molar-refractivity contribution in [1.82, 2.24) is 4.31 Å². The smallest absolute Gasteiger partial charge is 0.269 e. The third-order valence-corrected chi connectivity index (χ3v) is 5.73. The number of nitrogens with zero attached hydrogens (tertiary/aromatic N) is 2. The summed E-state index contributed by atoms with van der Waals surface area (Å²) < 4.78 is 64.9. The molecular weight excluding hydrogens is 387 g/mol. The van der Waals surface area contributed by atoms with Crippen LogP contribution in [0, 0.1) is 15.9 Å². The van der Waals surface area contributed by atoms with Crippen molar-refractivity contribution in [2.24, 2.45) is 5.73 Å². The summed E-state index contributed by atoms with van der Waals surface area (Å²) in [7, 11) is -2.78. The number of hydrogen-bond donors (Lipinski definition) is 1. The molecule has 0 bridgehead atoms. The number of benzene rings is 2. The van der Waals surface area contributed by atoms with E-state index in [9.17, 15) is 31.7 Å². The van der Waals surface area contributed by atoms with Gasteiger partial charge in [0.2, 0.25) is 10.0 Å². The molecule has 2 aromatic carbocycles. The molecule has 1 atom stereocenters. The molecule has 2 aromatic rings. The summed E-state index contributed by atoms with van der Waals surface area (Å²) in [4.78, 5) is 9.80. The van der Waals surface area contributed by atoms with E-state index < -0.39 is 38.8 Å². The second-order valence-electron chi connectivity index (χ2n) is 5.72. The van der Waals surface area contributed by atoms with E-state index in [1.807, 2.05) is 0 Å². The van der Waals surface area contributed by atoms with Gasteiger partial charge in [0.1, 0.15) is 5.82 Å². The highest BCUT2D eigenvalue weighted by atomic mass is 32.2. The van der Waals surface area contributed by atoms with Crippen LogP contribution >= 0.6 is 0 Å². The Morgan fingerprint density at radius 2 is 1.78 bits per heavy atom. The molecule has 2 rings (SSSR count). The number of halogens is 3. The first-order chi connectivity index (χ1) is 12.5. The van der Waals surface area contributed by atoms with Crippen LogP contribution in [-0.2, 0) is 10.0 Å². The Bertz CT molecular complexity index is 936. The van der Waals surface area contributed by atoms with Gasteiger partial charge in [-0.3, -0.25) is 10.1 Å². The minimum Gasteiger partial charge on any atom is -0.323 e. The number of non-ortho nitro benzene ring substituents is 1. The summed E-state index contributed by atoms with van der Waals surface area (Å²) in [5, 5.41) is 10.6. The zero-order chi connectivity index (χ0) is 20.4. The first-order valence-electron chi connectivity index (χ1n) is 7.58. The van der Waals surface area contributed by atoms with Gasteiger partial charge in [-0.2, -0.15) is 4.31 Å². The molecule has 0 saturated heterocycles. The van der Waals surface area contributed by atoms with Crippen LogP contribution < -0.4 is 5.73 Å². The van der Waals surface area contributed by atoms with Crippen molar-refractivity contribution < 1.29 is 26.5 Å². The van der Waals surface area contributed by atoms with Gasteiger partial charge in [0.25, 0.3) is 12.1 Å². The molecule has 0 saturated carbocycles. The summed E-state index contributed by atoms with van der Waals surface area (Å²) in [6.45, 7) is -0.270. The number of rotatable bonds is 7. The molecule has 0 aliphatic rings. The van der Waals surface area contributed by atoms with Crippen molar-refractivity contribution in [3.8, 4) is 0 Å². The van der Waals surface area contributed by atoms with Gasteiger partial charge >= 0.3 is 0 Å². The zero-order valence-electron chi connectivity index (χ0n) is 14.1. The molecule has 0 amide bonds. The zero-order valence-corrected chi connectivity index (χ0v) is 14.9. The lowest BCUT2D eigenvalue weighted by Crippen LogP contribution is -2.34. The number of sulfonamides is 1. The molecule has 0 heterocycles. The quantitative estimate of drug-likeness (QED) is 0.565. The molecular formula is C16H16F3N3O4S. The predicted molar refractivity (Wildman–Crippen MR) is 91.2 cm³/mol. The SMILES string of the molecule is CN(C[C@H](N)c1ccc(F)c(C(F)F)c1)S(=O)(=O)c1ccc([N+](=O)[O-])cc1. The maximum atomic E-state index is 13.4. The van der Waals surface area contributed by atoms with Gasteiger partial charge in [0.05, 0.1) is 15.4 Å². The summed E-state index contributed by atoms with van der Waals surface area (Å²) in [5.41, 5.74) is 4.96. The number of likely N-dealkylation sites (N-methyl/N-ethyl adjacent to an activating group) is 1. The third kappa shape index (κ3) is 4.62. The number of alkyl halides is 2. The van der Waals surface area contributed by atoms with Gasteiger partial charge in [-0.05, 0) is 29.8 Å². The molecule has 146 valence electrons. The highest BCUT2D eigenvalue weighted by Crippen LogP contribution is 2.26. The molecule has 2 N–H and O–H groups in total. The van der Waals surface area contributed by atoms with Gasteiger partial charge in [-0.15, -0.1) is 0 Å². The van der Waals surface area contributed by atoms with Crippen molar-refractivity contribution >= 4 is 15.7 Å². The van der Waals surface area contributed by atoms with Crippen LogP contribution in [0.25, 0.3) is 0 Å². The second-order valence-corrected chi connectivity index (χ2v) is 7.77. The van der Waals surface area contributed by atoms with E-state index in [-0.39, 0.29) is 22.7 Å². The van der Waals surface area contributed by atoms with E-state index in [1.54, 1.807) is 0 Å². The van der Waals surface area contributed by atoms with Gasteiger partial charge in [0.15, 0.2) is 0 Å². The monoisotopic (exact) mass is 403 g/mol. The van der Waals surface area contributed by atoms with Crippen LogP contribution in [0.5, 0.6) is 0 Å². The van der Waals surface area contributed by atoms with Crippen molar-refractivity contribution in [3.63, 3.8) is 0 Å². The Hall–Kier alpha value is -2.50. The fraction of sp³-hybridized carbons (Fsp3) is 0.250. The fourth-order valence-corrected chi connectivity index (χ4v) is 3.56. The Labute approximate surface area is 153 Å². The molecule has 0 aliphatic heterocycles. The first-order valence-corrected chi connectivity index (χ1v) is 9.02. The van der Waals surface area contributed by atoms with Crippen LogP contribution in [-0.4, -0.2) is 31.2 Å². The van der Waals surface area contributed by atoms with E-state index in [0.29, 0.717) is 0 Å². The minimum atomic E-state index is -4.01. The van der Waals surface area contributed by atoms with E-state index in [1.165, 1.54) is 13.1 Å². The number of nitro benzene ring substituents is 1. The predicted octanol–water partition coefficient (Wildman–Crippen LogP) is 2.99. The first kappa shape index (κ1) is 20.8. The molecule has 0 aliphatic carbocycles. The Morgan fingerprint density at radius 3 is 2.30 bits per heavy atom. The van der Waals surface area contributed by atoms with Gasteiger partial charge in [-0.1, -0.05) is 6.07 Å². The molecule has 7 nitrogen and oxygen atoms in total. The van der Waals surface area contributed by atoms with Crippen LogP contribution in [0.1, 0.15) is 23.6 Å². The molecule has 0 aromatic heterocycles. The maximum Gasteiger partial charge on any atom is 0.269 e. The van der Waals surface area contributed by atoms with E-state index in [0.717, 1.165) is 40.7 Å². The van der Waals surface area contributed by atoms with Crippen molar-refractivity contribution in [2.75, 3.05) is 13.6 Å². The van der Waals surface area contributed by atoms with E-state index >= 15 is 0 Å². The molecule has 0 unspecified atom stereocenters.